The maximum Gasteiger partial charge on any atom is 0.0983 e. The molecule has 0 heterocycles. The summed E-state index contributed by atoms with van der Waals surface area (Å²) in [5.41, 5.74) is 1.55. The number of hydrogen-bond acceptors (Lipinski definition) is 3. The molecule has 4 rings (SSSR count). The fraction of sp³-hybridized carbons (Fsp3) is 0.895. The van der Waals surface area contributed by atoms with Crippen LogP contribution in [0.3, 0.4) is 0 Å². The summed E-state index contributed by atoms with van der Waals surface area (Å²) in [4.78, 5) is 0. The predicted octanol–water partition coefficient (Wildman–Crippen LogP) is 2.64. The number of hydrogen-bond donors (Lipinski definition) is 3. The number of allylic oxidation sites excluding steroid dienone is 1. The zero-order valence-electron chi connectivity index (χ0n) is 13.8. The van der Waals surface area contributed by atoms with Crippen molar-refractivity contribution in [2.45, 2.75) is 77.1 Å². The molecule has 3 saturated carbocycles. The quantitative estimate of drug-likeness (QED) is 0.603. The molecular formula is C19H30O3. The van der Waals surface area contributed by atoms with Crippen LogP contribution in [0.4, 0.5) is 0 Å². The summed E-state index contributed by atoms with van der Waals surface area (Å²) >= 11 is 0. The fourth-order valence-corrected chi connectivity index (χ4v) is 6.73. The molecular weight excluding hydrogens is 276 g/mol. The predicted molar refractivity (Wildman–Crippen MR) is 85.1 cm³/mol. The second-order valence-electron chi connectivity index (χ2n) is 8.92. The normalized spacial score (nSPS) is 57.6. The van der Waals surface area contributed by atoms with E-state index in [0.29, 0.717) is 24.2 Å². The van der Waals surface area contributed by atoms with Crippen LogP contribution in [-0.2, 0) is 0 Å². The summed E-state index contributed by atoms with van der Waals surface area (Å²) < 4.78 is 0. The average molecular weight is 306 g/mol. The first-order valence-electron chi connectivity index (χ1n) is 9.11. The van der Waals surface area contributed by atoms with Crippen molar-refractivity contribution >= 4 is 0 Å². The molecule has 3 heteroatoms. The minimum atomic E-state index is -0.679. The second-order valence-corrected chi connectivity index (χ2v) is 8.92. The molecule has 4 aliphatic carbocycles. The molecule has 3 fully saturated rings. The van der Waals surface area contributed by atoms with Crippen molar-refractivity contribution in [2.75, 3.05) is 0 Å². The maximum absolute atomic E-state index is 10.5. The van der Waals surface area contributed by atoms with Gasteiger partial charge in [0.05, 0.1) is 18.3 Å². The molecule has 0 aromatic rings. The van der Waals surface area contributed by atoms with E-state index in [-0.39, 0.29) is 16.9 Å². The van der Waals surface area contributed by atoms with Gasteiger partial charge in [-0.1, -0.05) is 25.5 Å². The van der Waals surface area contributed by atoms with Crippen LogP contribution in [0.1, 0.15) is 58.8 Å². The van der Waals surface area contributed by atoms with Crippen molar-refractivity contribution in [1.29, 1.82) is 0 Å². The Morgan fingerprint density at radius 1 is 1.00 bits per heavy atom. The molecule has 0 radical (unpaired) electrons. The van der Waals surface area contributed by atoms with Crippen LogP contribution in [-0.4, -0.2) is 33.6 Å². The van der Waals surface area contributed by atoms with Gasteiger partial charge in [0.15, 0.2) is 0 Å². The summed E-state index contributed by atoms with van der Waals surface area (Å²) in [5.74, 6) is 1.93. The van der Waals surface area contributed by atoms with E-state index in [1.54, 1.807) is 0 Å². The lowest BCUT2D eigenvalue weighted by molar-refractivity contribution is -0.0915. The topological polar surface area (TPSA) is 60.7 Å². The van der Waals surface area contributed by atoms with Gasteiger partial charge >= 0.3 is 0 Å². The molecule has 0 aromatic carbocycles. The summed E-state index contributed by atoms with van der Waals surface area (Å²) in [6, 6.07) is 0. The highest BCUT2D eigenvalue weighted by Crippen LogP contribution is 2.65. The highest BCUT2D eigenvalue weighted by molar-refractivity contribution is 5.26. The van der Waals surface area contributed by atoms with E-state index >= 15 is 0 Å². The van der Waals surface area contributed by atoms with Crippen molar-refractivity contribution in [1.82, 2.24) is 0 Å². The number of aliphatic hydroxyl groups excluding tert-OH is 3. The van der Waals surface area contributed by atoms with Gasteiger partial charge in [0.2, 0.25) is 0 Å². The van der Waals surface area contributed by atoms with Crippen LogP contribution >= 0.6 is 0 Å². The monoisotopic (exact) mass is 306 g/mol. The molecule has 0 amide bonds. The molecule has 0 aliphatic heterocycles. The van der Waals surface area contributed by atoms with Crippen molar-refractivity contribution in [2.24, 2.45) is 28.6 Å². The summed E-state index contributed by atoms with van der Waals surface area (Å²) in [6.45, 7) is 4.62. The smallest absolute Gasteiger partial charge is 0.0983 e. The highest BCUT2D eigenvalue weighted by Gasteiger charge is 2.59. The van der Waals surface area contributed by atoms with Crippen molar-refractivity contribution in [3.63, 3.8) is 0 Å². The standard InChI is InChI=1S/C19H30O3/c1-18-8-7-14-12(13(18)5-6-17(18)22)4-3-11-9-15(20)16(21)10-19(11,14)2/h9,12-17,20-22H,3-8,10H2,1-2H3/t12-,13-,14?,15-,16-,17-,18-,19-/m0/s1. The molecule has 22 heavy (non-hydrogen) atoms. The first-order chi connectivity index (χ1) is 10.4. The van der Waals surface area contributed by atoms with Crippen LogP contribution in [0.5, 0.6) is 0 Å². The van der Waals surface area contributed by atoms with Gasteiger partial charge in [-0.25, -0.2) is 0 Å². The Bertz CT molecular complexity index is 501. The molecule has 3 nitrogen and oxygen atoms in total. The van der Waals surface area contributed by atoms with E-state index in [4.69, 9.17) is 0 Å². The van der Waals surface area contributed by atoms with Gasteiger partial charge in [0.25, 0.3) is 0 Å². The third-order valence-corrected chi connectivity index (χ3v) is 8.09. The second kappa shape index (κ2) is 4.81. The molecule has 0 bridgehead atoms. The lowest BCUT2D eigenvalue weighted by Gasteiger charge is -2.58. The lowest BCUT2D eigenvalue weighted by Crippen LogP contribution is -2.53. The van der Waals surface area contributed by atoms with Gasteiger partial charge < -0.3 is 15.3 Å². The fourth-order valence-electron chi connectivity index (χ4n) is 6.73. The van der Waals surface area contributed by atoms with Crippen LogP contribution in [0.25, 0.3) is 0 Å². The Kier molecular flexibility index (Phi) is 3.32. The van der Waals surface area contributed by atoms with Crippen LogP contribution in [0.2, 0.25) is 0 Å². The summed E-state index contributed by atoms with van der Waals surface area (Å²) in [7, 11) is 0. The van der Waals surface area contributed by atoms with Gasteiger partial charge in [-0.15, -0.1) is 0 Å². The van der Waals surface area contributed by atoms with Crippen LogP contribution < -0.4 is 0 Å². The van der Waals surface area contributed by atoms with Crippen LogP contribution in [0.15, 0.2) is 11.6 Å². The number of aliphatic hydroxyl groups is 3. The first-order valence-corrected chi connectivity index (χ1v) is 9.11. The largest absolute Gasteiger partial charge is 0.393 e. The van der Waals surface area contributed by atoms with Gasteiger partial charge in [0, 0.05) is 0 Å². The number of rotatable bonds is 0. The Labute approximate surface area is 133 Å². The zero-order valence-corrected chi connectivity index (χ0v) is 13.8. The summed E-state index contributed by atoms with van der Waals surface area (Å²) in [6.07, 6.45) is 7.89. The third-order valence-electron chi connectivity index (χ3n) is 8.09. The highest BCUT2D eigenvalue weighted by atomic mass is 16.3. The van der Waals surface area contributed by atoms with Crippen molar-refractivity contribution < 1.29 is 15.3 Å². The first kappa shape index (κ1) is 15.2. The summed E-state index contributed by atoms with van der Waals surface area (Å²) in [5, 5.41) is 30.7. The number of fused-ring (bicyclic) bond motifs is 5. The lowest BCUT2D eigenvalue weighted by atomic mass is 9.47. The molecule has 0 saturated heterocycles. The minimum Gasteiger partial charge on any atom is -0.393 e. The van der Waals surface area contributed by atoms with E-state index in [2.05, 4.69) is 13.8 Å². The van der Waals surface area contributed by atoms with E-state index < -0.39 is 12.2 Å². The third kappa shape index (κ3) is 1.85. The van der Waals surface area contributed by atoms with E-state index in [1.165, 1.54) is 18.4 Å². The SMILES string of the molecule is C[C@]12CCC3[C@@H](CCC4=C[C@H](O)[C@@H](O)C[C@@]43C)[C@@H]1CC[C@@H]2O. The molecule has 124 valence electrons. The van der Waals surface area contributed by atoms with E-state index in [9.17, 15) is 15.3 Å². The Hall–Kier alpha value is -0.380. The maximum atomic E-state index is 10.5. The van der Waals surface area contributed by atoms with Gasteiger partial charge in [-0.05, 0) is 73.5 Å². The van der Waals surface area contributed by atoms with E-state index in [0.717, 1.165) is 25.7 Å². The molecule has 1 unspecified atom stereocenters. The Balaban J connectivity index is 1.68. The van der Waals surface area contributed by atoms with Gasteiger partial charge in [-0.2, -0.15) is 0 Å². The average Bonchev–Trinajstić information content (AvgIpc) is 2.77. The van der Waals surface area contributed by atoms with Crippen molar-refractivity contribution in [3.8, 4) is 0 Å². The molecule has 0 spiro atoms. The Morgan fingerprint density at radius 3 is 2.55 bits per heavy atom. The van der Waals surface area contributed by atoms with Crippen molar-refractivity contribution in [3.05, 3.63) is 11.6 Å². The van der Waals surface area contributed by atoms with Gasteiger partial charge in [-0.3, -0.25) is 0 Å². The Morgan fingerprint density at radius 2 is 1.77 bits per heavy atom. The minimum absolute atomic E-state index is 0.0520. The molecule has 3 N–H and O–H groups in total. The molecule has 0 aromatic heterocycles. The van der Waals surface area contributed by atoms with E-state index in [1.807, 2.05) is 6.08 Å². The zero-order chi connectivity index (χ0) is 15.7. The molecule has 4 aliphatic rings. The van der Waals surface area contributed by atoms with Crippen LogP contribution in [0, 0.1) is 28.6 Å². The van der Waals surface area contributed by atoms with Gasteiger partial charge in [0.1, 0.15) is 0 Å². The molecule has 8 atom stereocenters.